The number of sulfone groups is 1. The summed E-state index contributed by atoms with van der Waals surface area (Å²) < 4.78 is 32.7. The van der Waals surface area contributed by atoms with E-state index in [0.29, 0.717) is 18.0 Å². The summed E-state index contributed by atoms with van der Waals surface area (Å²) >= 11 is 0. The molecule has 0 spiro atoms. The van der Waals surface area contributed by atoms with Crippen molar-refractivity contribution in [1.29, 1.82) is 0 Å². The summed E-state index contributed by atoms with van der Waals surface area (Å²) in [6.07, 6.45) is 1.50. The third kappa shape index (κ3) is 3.80. The lowest BCUT2D eigenvalue weighted by molar-refractivity contribution is 0.312. The first-order valence-electron chi connectivity index (χ1n) is 9.80. The molecule has 0 amide bonds. The van der Waals surface area contributed by atoms with Crippen molar-refractivity contribution < 1.29 is 13.2 Å². The van der Waals surface area contributed by atoms with Crippen molar-refractivity contribution in [3.63, 3.8) is 0 Å². The van der Waals surface area contributed by atoms with E-state index in [1.54, 1.807) is 24.3 Å². The Morgan fingerprint density at radius 2 is 1.76 bits per heavy atom. The molecule has 6 nitrogen and oxygen atoms in total. The Morgan fingerprint density at radius 3 is 2.45 bits per heavy atom. The van der Waals surface area contributed by atoms with E-state index in [1.807, 2.05) is 31.2 Å². The first-order chi connectivity index (χ1) is 14.0. The van der Waals surface area contributed by atoms with Crippen LogP contribution in [0.1, 0.15) is 6.92 Å². The molecular weight excluding hydrogens is 386 g/mol. The van der Waals surface area contributed by atoms with Crippen LogP contribution in [0.25, 0.3) is 10.9 Å². The van der Waals surface area contributed by atoms with Gasteiger partial charge in [0.15, 0.2) is 0 Å². The van der Waals surface area contributed by atoms with Crippen LogP contribution in [0.3, 0.4) is 0 Å². The average molecular weight is 412 g/mol. The topological polar surface area (TPSA) is 62.7 Å². The largest absolute Gasteiger partial charge is 0.494 e. The van der Waals surface area contributed by atoms with Gasteiger partial charge in [-0.3, -0.25) is 4.98 Å². The van der Waals surface area contributed by atoms with Gasteiger partial charge in [-0.15, -0.1) is 0 Å². The molecule has 0 atom stereocenters. The molecule has 2 aromatic carbocycles. The number of nitrogens with zero attached hydrogens (tertiary/aromatic N) is 3. The van der Waals surface area contributed by atoms with Crippen LogP contribution in [0.15, 0.2) is 64.5 Å². The maximum absolute atomic E-state index is 13.5. The van der Waals surface area contributed by atoms with Crippen molar-refractivity contribution in [2.45, 2.75) is 16.7 Å². The van der Waals surface area contributed by atoms with Gasteiger partial charge >= 0.3 is 0 Å². The first-order valence-corrected chi connectivity index (χ1v) is 11.3. The monoisotopic (exact) mass is 411 g/mol. The van der Waals surface area contributed by atoms with Crippen molar-refractivity contribution in [2.24, 2.45) is 0 Å². The van der Waals surface area contributed by atoms with Gasteiger partial charge < -0.3 is 14.5 Å². The molecule has 7 heteroatoms. The molecular formula is C22H25N3O3S. The van der Waals surface area contributed by atoms with Gasteiger partial charge in [0.1, 0.15) is 10.6 Å². The van der Waals surface area contributed by atoms with Crippen LogP contribution in [0.5, 0.6) is 5.75 Å². The maximum atomic E-state index is 13.5. The molecule has 1 aromatic heterocycles. The summed E-state index contributed by atoms with van der Waals surface area (Å²) in [6, 6.07) is 14.2. The van der Waals surface area contributed by atoms with Gasteiger partial charge in [0, 0.05) is 37.8 Å². The number of likely N-dealkylation sites (N-methyl/N-ethyl adjacent to an activating group) is 1. The highest BCUT2D eigenvalue weighted by Gasteiger charge is 2.28. The summed E-state index contributed by atoms with van der Waals surface area (Å²) in [6.45, 7) is 5.74. The first kappa shape index (κ1) is 19.7. The van der Waals surface area contributed by atoms with Crippen LogP contribution in [0, 0.1) is 0 Å². The minimum Gasteiger partial charge on any atom is -0.494 e. The fourth-order valence-electron chi connectivity index (χ4n) is 3.68. The smallest absolute Gasteiger partial charge is 0.210 e. The third-order valence-corrected chi connectivity index (χ3v) is 7.02. The summed E-state index contributed by atoms with van der Waals surface area (Å²) in [5.74, 6) is 0.714. The maximum Gasteiger partial charge on any atom is 0.210 e. The molecule has 0 bridgehead atoms. The molecule has 0 saturated carbocycles. The molecule has 0 unspecified atom stereocenters. The molecule has 1 fully saturated rings. The molecule has 3 aromatic rings. The predicted molar refractivity (Wildman–Crippen MR) is 115 cm³/mol. The number of fused-ring (bicyclic) bond motifs is 1. The quantitative estimate of drug-likeness (QED) is 0.642. The Balaban J connectivity index is 1.95. The second-order valence-corrected chi connectivity index (χ2v) is 9.11. The van der Waals surface area contributed by atoms with E-state index in [1.165, 1.54) is 6.20 Å². The van der Waals surface area contributed by atoms with Gasteiger partial charge in [0.25, 0.3) is 0 Å². The van der Waals surface area contributed by atoms with E-state index < -0.39 is 9.84 Å². The lowest BCUT2D eigenvalue weighted by atomic mass is 10.1. The summed E-state index contributed by atoms with van der Waals surface area (Å²) in [7, 11) is -1.63. The number of pyridine rings is 1. The average Bonchev–Trinajstić information content (AvgIpc) is 2.74. The normalized spacial score (nSPS) is 15.6. The van der Waals surface area contributed by atoms with E-state index in [4.69, 9.17) is 4.74 Å². The molecule has 4 rings (SSSR count). The Labute approximate surface area is 171 Å². The lowest BCUT2D eigenvalue weighted by Crippen LogP contribution is -2.45. The second-order valence-electron chi connectivity index (χ2n) is 7.19. The number of benzene rings is 2. The van der Waals surface area contributed by atoms with E-state index in [2.05, 4.69) is 21.8 Å². The van der Waals surface area contributed by atoms with E-state index in [-0.39, 0.29) is 9.79 Å². The van der Waals surface area contributed by atoms with Crippen LogP contribution in [-0.4, -0.2) is 58.1 Å². The number of aromatic nitrogens is 1. The van der Waals surface area contributed by atoms with Gasteiger partial charge in [-0.05, 0) is 44.3 Å². The van der Waals surface area contributed by atoms with Crippen LogP contribution >= 0.6 is 0 Å². The van der Waals surface area contributed by atoms with Crippen LogP contribution in [-0.2, 0) is 9.84 Å². The van der Waals surface area contributed by atoms with E-state index in [0.717, 1.165) is 37.1 Å². The molecule has 2 heterocycles. The van der Waals surface area contributed by atoms with E-state index >= 15 is 0 Å². The molecule has 0 N–H and O–H groups in total. The molecule has 0 radical (unpaired) electrons. The van der Waals surface area contributed by atoms with Crippen molar-refractivity contribution in [1.82, 2.24) is 9.88 Å². The highest BCUT2D eigenvalue weighted by atomic mass is 32.2. The zero-order valence-corrected chi connectivity index (χ0v) is 17.5. The Hall–Kier alpha value is -2.64. The molecule has 152 valence electrons. The van der Waals surface area contributed by atoms with Crippen LogP contribution in [0.2, 0.25) is 0 Å². The summed E-state index contributed by atoms with van der Waals surface area (Å²) in [4.78, 5) is 9.40. The Kier molecular flexibility index (Phi) is 5.43. The highest BCUT2D eigenvalue weighted by molar-refractivity contribution is 7.91. The SMILES string of the molecule is CCOc1ccc2ncc(S(=O)(=O)c3ccccc3)c(N3CCN(C)CC3)c2c1. The van der Waals surface area contributed by atoms with Crippen LogP contribution in [0.4, 0.5) is 5.69 Å². The van der Waals surface area contributed by atoms with Crippen molar-refractivity contribution >= 4 is 26.4 Å². The molecule has 0 aliphatic carbocycles. The number of ether oxygens (including phenoxy) is 1. The Bertz CT molecular complexity index is 1110. The molecule has 1 saturated heterocycles. The van der Waals surface area contributed by atoms with Crippen molar-refractivity contribution in [3.8, 4) is 5.75 Å². The Morgan fingerprint density at radius 1 is 1.03 bits per heavy atom. The zero-order chi connectivity index (χ0) is 20.4. The minimum atomic E-state index is -3.71. The van der Waals surface area contributed by atoms with Gasteiger partial charge in [-0.1, -0.05) is 18.2 Å². The predicted octanol–water partition coefficient (Wildman–Crippen LogP) is 3.22. The van der Waals surface area contributed by atoms with E-state index in [9.17, 15) is 8.42 Å². The second kappa shape index (κ2) is 8.00. The van der Waals surface area contributed by atoms with Gasteiger partial charge in [0.05, 0.1) is 22.7 Å². The number of rotatable bonds is 5. The van der Waals surface area contributed by atoms with Crippen LogP contribution < -0.4 is 9.64 Å². The lowest BCUT2D eigenvalue weighted by Gasteiger charge is -2.35. The standard InChI is InChI=1S/C22H25N3O3S/c1-3-28-17-9-10-20-19(15-17)22(25-13-11-24(2)12-14-25)21(16-23-20)29(26,27)18-7-5-4-6-8-18/h4-10,15-16H,3,11-14H2,1-2H3. The summed E-state index contributed by atoms with van der Waals surface area (Å²) in [5.41, 5.74) is 1.47. The highest BCUT2D eigenvalue weighted by Crippen LogP contribution is 2.37. The molecule has 1 aliphatic heterocycles. The summed E-state index contributed by atoms with van der Waals surface area (Å²) in [5, 5.41) is 0.803. The minimum absolute atomic E-state index is 0.245. The van der Waals surface area contributed by atoms with Crippen molar-refractivity contribution in [2.75, 3.05) is 44.7 Å². The van der Waals surface area contributed by atoms with Crippen molar-refractivity contribution in [3.05, 3.63) is 54.7 Å². The van der Waals surface area contributed by atoms with Gasteiger partial charge in [-0.2, -0.15) is 0 Å². The number of anilines is 1. The van der Waals surface area contributed by atoms with Gasteiger partial charge in [-0.25, -0.2) is 8.42 Å². The zero-order valence-electron chi connectivity index (χ0n) is 16.7. The molecule has 1 aliphatic rings. The molecule has 29 heavy (non-hydrogen) atoms. The number of hydrogen-bond donors (Lipinski definition) is 0. The van der Waals surface area contributed by atoms with Gasteiger partial charge in [0.2, 0.25) is 9.84 Å². The number of piperazine rings is 1. The fraction of sp³-hybridized carbons (Fsp3) is 0.318. The third-order valence-electron chi connectivity index (χ3n) is 5.25. The fourth-order valence-corrected chi connectivity index (χ4v) is 5.13. The number of hydrogen-bond acceptors (Lipinski definition) is 6.